The van der Waals surface area contributed by atoms with Crippen LogP contribution in [0.2, 0.25) is 0 Å². The molecule has 1 saturated heterocycles. The van der Waals surface area contributed by atoms with Gasteiger partial charge in [-0.3, -0.25) is 9.36 Å². The number of H-pyrrole nitrogens is 1. The molecule has 0 radical (unpaired) electrons. The molecule has 1 aliphatic rings. The number of piperidine rings is 1. The van der Waals surface area contributed by atoms with Crippen LogP contribution in [-0.4, -0.2) is 53.0 Å². The van der Waals surface area contributed by atoms with Gasteiger partial charge in [0.1, 0.15) is 11.3 Å². The third-order valence-corrected chi connectivity index (χ3v) is 8.27. The van der Waals surface area contributed by atoms with Crippen molar-refractivity contribution in [3.63, 3.8) is 0 Å². The second-order valence-corrected chi connectivity index (χ2v) is 11.2. The summed E-state index contributed by atoms with van der Waals surface area (Å²) < 4.78 is 3.83. The zero-order valence-corrected chi connectivity index (χ0v) is 24.0. The second-order valence-electron chi connectivity index (χ2n) is 11.2. The highest BCUT2D eigenvalue weighted by Gasteiger charge is 2.25. The van der Waals surface area contributed by atoms with Gasteiger partial charge in [0.2, 0.25) is 5.91 Å². The molecule has 1 fully saturated rings. The third-order valence-electron chi connectivity index (χ3n) is 8.27. The molecule has 0 spiro atoms. The first-order valence-electron chi connectivity index (χ1n) is 14.2. The van der Waals surface area contributed by atoms with Crippen LogP contribution in [-0.2, 0) is 18.4 Å². The minimum atomic E-state index is -0.211. The Morgan fingerprint density at radius 1 is 1.02 bits per heavy atom. The number of hydrogen-bond acceptors (Lipinski definition) is 5. The smallest absolute Gasteiger partial charge is 0.328 e. The van der Waals surface area contributed by atoms with Crippen LogP contribution in [0.1, 0.15) is 62.3 Å². The molecule has 2 aromatic carbocycles. The van der Waals surface area contributed by atoms with E-state index in [1.807, 2.05) is 41.4 Å². The van der Waals surface area contributed by atoms with E-state index in [1.165, 1.54) is 11.3 Å². The fourth-order valence-electron chi connectivity index (χ4n) is 5.93. The molecule has 3 aromatic heterocycles. The summed E-state index contributed by atoms with van der Waals surface area (Å²) in [5, 5.41) is 0. The monoisotopic (exact) mass is 549 g/mol. The van der Waals surface area contributed by atoms with Gasteiger partial charge in [-0.25, -0.2) is 19.7 Å². The number of amides is 1. The van der Waals surface area contributed by atoms with Crippen molar-refractivity contribution >= 4 is 17.1 Å². The number of nitrogens with one attached hydrogen (secondary N) is 1. The number of benzene rings is 2. The van der Waals surface area contributed by atoms with Gasteiger partial charge in [0.05, 0.1) is 12.7 Å². The van der Waals surface area contributed by atoms with Crippen molar-refractivity contribution in [3.8, 4) is 22.8 Å². The Hall–Kier alpha value is -4.53. The standard InChI is InChI=1S/C32H35N7O2/c1-20(2)25-7-5-6-8-26(25)29-33-17-27-31(36-29)39(32(41)35-27)19-22-9-11-24(12-10-22)30-34-18-28(37(30)4)23-13-15-38(16-14-23)21(3)40/h5-12,17-18,20,23H,13-16,19H2,1-4H3,(H,35,41). The molecule has 210 valence electrons. The van der Waals surface area contributed by atoms with Crippen molar-refractivity contribution in [2.45, 2.75) is 52.0 Å². The number of rotatable bonds is 6. The lowest BCUT2D eigenvalue weighted by Gasteiger charge is -2.31. The SMILES string of the molecule is CC(=O)N1CCC(c2cnc(-c3ccc(Cn4c(=O)[nH]c5cnc(-c6ccccc6C(C)C)nc54)cc3)n2C)CC1. The molecule has 0 bridgehead atoms. The van der Waals surface area contributed by atoms with Gasteiger partial charge in [0.25, 0.3) is 0 Å². The van der Waals surface area contributed by atoms with Crippen LogP contribution in [0.15, 0.2) is 65.7 Å². The summed E-state index contributed by atoms with van der Waals surface area (Å²) in [4.78, 5) is 43.6. The third kappa shape index (κ3) is 5.08. The van der Waals surface area contributed by atoms with Crippen LogP contribution in [0.3, 0.4) is 0 Å². The van der Waals surface area contributed by atoms with E-state index in [2.05, 4.69) is 53.6 Å². The van der Waals surface area contributed by atoms with Crippen LogP contribution < -0.4 is 5.69 Å². The number of aromatic nitrogens is 6. The predicted octanol–water partition coefficient (Wildman–Crippen LogP) is 5.08. The van der Waals surface area contributed by atoms with E-state index in [4.69, 9.17) is 9.97 Å². The van der Waals surface area contributed by atoms with Crippen molar-refractivity contribution in [1.29, 1.82) is 0 Å². The zero-order valence-electron chi connectivity index (χ0n) is 24.0. The maximum atomic E-state index is 12.9. The van der Waals surface area contributed by atoms with Gasteiger partial charge in [-0.1, -0.05) is 62.4 Å². The topological polar surface area (TPSA) is 102 Å². The number of fused-ring (bicyclic) bond motifs is 1. The summed E-state index contributed by atoms with van der Waals surface area (Å²) in [7, 11) is 2.06. The summed E-state index contributed by atoms with van der Waals surface area (Å²) in [6.07, 6.45) is 5.56. The largest absolute Gasteiger partial charge is 0.343 e. The van der Waals surface area contributed by atoms with Gasteiger partial charge in [-0.05, 0) is 29.9 Å². The Labute approximate surface area is 238 Å². The Morgan fingerprint density at radius 3 is 2.46 bits per heavy atom. The molecule has 41 heavy (non-hydrogen) atoms. The maximum Gasteiger partial charge on any atom is 0.328 e. The molecule has 0 saturated carbocycles. The van der Waals surface area contributed by atoms with Gasteiger partial charge in [0, 0.05) is 56.0 Å². The van der Waals surface area contributed by atoms with Crippen LogP contribution >= 0.6 is 0 Å². The highest BCUT2D eigenvalue weighted by atomic mass is 16.2. The zero-order chi connectivity index (χ0) is 28.7. The molecule has 1 amide bonds. The summed E-state index contributed by atoms with van der Waals surface area (Å²) >= 11 is 0. The average Bonchev–Trinajstić information content (AvgIpc) is 3.52. The highest BCUT2D eigenvalue weighted by Crippen LogP contribution is 2.31. The molecule has 1 aliphatic heterocycles. The number of nitrogens with zero attached hydrogens (tertiary/aromatic N) is 6. The van der Waals surface area contributed by atoms with E-state index in [0.717, 1.165) is 48.4 Å². The fourth-order valence-corrected chi connectivity index (χ4v) is 5.93. The molecule has 9 nitrogen and oxygen atoms in total. The lowest BCUT2D eigenvalue weighted by molar-refractivity contribution is -0.129. The first-order chi connectivity index (χ1) is 19.8. The Balaban J connectivity index is 1.24. The van der Waals surface area contributed by atoms with Gasteiger partial charge >= 0.3 is 5.69 Å². The number of likely N-dealkylation sites (tertiary alicyclic amines) is 1. The maximum absolute atomic E-state index is 12.9. The molecule has 0 unspecified atom stereocenters. The van der Waals surface area contributed by atoms with Crippen molar-refractivity contribution in [3.05, 3.63) is 88.2 Å². The number of hydrogen-bond donors (Lipinski definition) is 1. The fraction of sp³-hybridized carbons (Fsp3) is 0.344. The van der Waals surface area contributed by atoms with E-state index < -0.39 is 0 Å². The van der Waals surface area contributed by atoms with Crippen LogP contribution in [0.5, 0.6) is 0 Å². The van der Waals surface area contributed by atoms with Gasteiger partial charge in [-0.2, -0.15) is 0 Å². The Kier molecular flexibility index (Phi) is 7.03. The van der Waals surface area contributed by atoms with Crippen molar-refractivity contribution in [1.82, 2.24) is 34.0 Å². The van der Waals surface area contributed by atoms with Crippen LogP contribution in [0, 0.1) is 0 Å². The summed E-state index contributed by atoms with van der Waals surface area (Å²) in [5.41, 5.74) is 6.36. The first kappa shape index (κ1) is 26.7. The van der Waals surface area contributed by atoms with Crippen LogP contribution in [0.4, 0.5) is 0 Å². The predicted molar refractivity (Wildman–Crippen MR) is 160 cm³/mol. The Bertz CT molecular complexity index is 1770. The molecular formula is C32H35N7O2. The highest BCUT2D eigenvalue weighted by molar-refractivity contribution is 5.74. The van der Waals surface area contributed by atoms with Crippen molar-refractivity contribution < 1.29 is 4.79 Å². The van der Waals surface area contributed by atoms with E-state index in [-0.39, 0.29) is 11.6 Å². The number of carbonyl (C=O) groups excluding carboxylic acids is 1. The van der Waals surface area contributed by atoms with Gasteiger partial charge in [0.15, 0.2) is 11.5 Å². The molecule has 1 N–H and O–H groups in total. The lowest BCUT2D eigenvalue weighted by Crippen LogP contribution is -2.36. The van der Waals surface area contributed by atoms with Gasteiger partial charge in [-0.15, -0.1) is 0 Å². The molecule has 6 rings (SSSR count). The van der Waals surface area contributed by atoms with E-state index in [9.17, 15) is 9.59 Å². The summed E-state index contributed by atoms with van der Waals surface area (Å²) in [5.74, 6) is 2.39. The molecular weight excluding hydrogens is 514 g/mol. The lowest BCUT2D eigenvalue weighted by atomic mass is 9.94. The molecule has 0 aliphatic carbocycles. The Morgan fingerprint density at radius 2 is 1.76 bits per heavy atom. The van der Waals surface area contributed by atoms with E-state index in [1.54, 1.807) is 17.7 Å². The quantitative estimate of drug-likeness (QED) is 0.318. The van der Waals surface area contributed by atoms with Crippen molar-refractivity contribution in [2.24, 2.45) is 7.05 Å². The van der Waals surface area contributed by atoms with Crippen molar-refractivity contribution in [2.75, 3.05) is 13.1 Å². The molecule has 4 heterocycles. The normalized spacial score (nSPS) is 14.3. The summed E-state index contributed by atoms with van der Waals surface area (Å²) in [6, 6.07) is 16.3. The first-order valence-corrected chi connectivity index (χ1v) is 14.2. The minimum Gasteiger partial charge on any atom is -0.343 e. The molecule has 0 atom stereocenters. The van der Waals surface area contributed by atoms with Crippen LogP contribution in [0.25, 0.3) is 33.9 Å². The number of aromatic amines is 1. The minimum absolute atomic E-state index is 0.147. The number of carbonyl (C=O) groups is 1. The van der Waals surface area contributed by atoms with Gasteiger partial charge < -0.3 is 14.5 Å². The van der Waals surface area contributed by atoms with E-state index >= 15 is 0 Å². The molecule has 5 aromatic rings. The number of imidazole rings is 2. The van der Waals surface area contributed by atoms with E-state index in [0.29, 0.717) is 35.4 Å². The summed E-state index contributed by atoms with van der Waals surface area (Å²) in [6.45, 7) is 7.91. The average molecular weight is 550 g/mol. The molecule has 9 heteroatoms. The second kappa shape index (κ2) is 10.8.